The number of nitrogens with zero attached hydrogens (tertiary/aromatic N) is 1. The maximum atomic E-state index is 11.9. The van der Waals surface area contributed by atoms with Gasteiger partial charge in [0.15, 0.2) is 0 Å². The van der Waals surface area contributed by atoms with Crippen molar-refractivity contribution in [1.82, 2.24) is 10.3 Å². The van der Waals surface area contributed by atoms with Gasteiger partial charge in [0, 0.05) is 11.6 Å². The van der Waals surface area contributed by atoms with Gasteiger partial charge in [-0.15, -0.1) is 0 Å². The Balaban J connectivity index is 2.13. The number of benzene rings is 1. The van der Waals surface area contributed by atoms with Crippen LogP contribution in [0.25, 0.3) is 10.9 Å². The molecule has 1 aromatic carbocycles. The summed E-state index contributed by atoms with van der Waals surface area (Å²) in [6.07, 6.45) is 2.70. The fraction of sp³-hybridized carbons (Fsp3) is 0.267. The number of hydrogen-bond donors (Lipinski definition) is 3. The molecule has 0 saturated carbocycles. The molecule has 2 amide bonds. The predicted molar refractivity (Wildman–Crippen MR) is 80.2 cm³/mol. The van der Waals surface area contributed by atoms with Gasteiger partial charge in [0.25, 0.3) is 0 Å². The van der Waals surface area contributed by atoms with Crippen molar-refractivity contribution >= 4 is 28.6 Å². The van der Waals surface area contributed by atoms with Gasteiger partial charge in [-0.05, 0) is 18.6 Å². The third kappa shape index (κ3) is 3.68. The number of anilines is 1. The van der Waals surface area contributed by atoms with E-state index in [4.69, 9.17) is 5.11 Å². The van der Waals surface area contributed by atoms with Crippen molar-refractivity contribution in [3.8, 4) is 0 Å². The maximum Gasteiger partial charge on any atom is 0.326 e. The van der Waals surface area contributed by atoms with Crippen molar-refractivity contribution in [1.29, 1.82) is 0 Å². The molecule has 0 aliphatic rings. The van der Waals surface area contributed by atoms with Gasteiger partial charge in [0.1, 0.15) is 6.04 Å². The number of carbonyl (C=O) groups is 2. The van der Waals surface area contributed by atoms with Crippen LogP contribution in [0.4, 0.5) is 10.5 Å². The zero-order chi connectivity index (χ0) is 15.2. The number of aliphatic carboxylic acids is 1. The normalized spacial score (nSPS) is 11.9. The standard InChI is InChI=1S/C15H17N3O3/c1-2-5-12(14(19)20)18-15(21)17-11-8-3-6-10-7-4-9-16-13(10)11/h3-4,6-9,12H,2,5H2,1H3,(H,19,20)(H2,17,18,21). The smallest absolute Gasteiger partial charge is 0.326 e. The summed E-state index contributed by atoms with van der Waals surface area (Å²) in [5, 5.41) is 15.0. The van der Waals surface area contributed by atoms with E-state index in [1.54, 1.807) is 18.3 Å². The second kappa shape index (κ2) is 6.69. The molecule has 1 aromatic heterocycles. The minimum Gasteiger partial charge on any atom is -0.480 e. The number of urea groups is 1. The van der Waals surface area contributed by atoms with Crippen LogP contribution in [0.3, 0.4) is 0 Å². The molecule has 2 aromatic rings. The van der Waals surface area contributed by atoms with Crippen molar-refractivity contribution in [3.05, 3.63) is 36.5 Å². The fourth-order valence-electron chi connectivity index (χ4n) is 2.07. The molecule has 1 unspecified atom stereocenters. The lowest BCUT2D eigenvalue weighted by atomic mass is 10.1. The highest BCUT2D eigenvalue weighted by Crippen LogP contribution is 2.20. The molecule has 0 aliphatic heterocycles. The third-order valence-corrected chi connectivity index (χ3v) is 3.06. The molecule has 0 radical (unpaired) electrons. The molecule has 0 bridgehead atoms. The summed E-state index contributed by atoms with van der Waals surface area (Å²) in [6, 6.07) is 7.69. The Hall–Kier alpha value is -2.63. The molecule has 2 rings (SSSR count). The number of carbonyl (C=O) groups excluding carboxylic acids is 1. The van der Waals surface area contributed by atoms with E-state index in [-0.39, 0.29) is 0 Å². The Morgan fingerprint density at radius 3 is 2.76 bits per heavy atom. The highest BCUT2D eigenvalue weighted by Gasteiger charge is 2.19. The van der Waals surface area contributed by atoms with Gasteiger partial charge in [-0.1, -0.05) is 31.5 Å². The van der Waals surface area contributed by atoms with E-state index in [1.807, 2.05) is 25.1 Å². The van der Waals surface area contributed by atoms with Crippen LogP contribution in [-0.2, 0) is 4.79 Å². The zero-order valence-corrected chi connectivity index (χ0v) is 11.7. The molecule has 0 saturated heterocycles. The van der Waals surface area contributed by atoms with Gasteiger partial charge >= 0.3 is 12.0 Å². The minimum atomic E-state index is -1.04. The first-order chi connectivity index (χ1) is 10.1. The lowest BCUT2D eigenvalue weighted by Crippen LogP contribution is -2.42. The third-order valence-electron chi connectivity index (χ3n) is 3.06. The number of nitrogens with one attached hydrogen (secondary N) is 2. The summed E-state index contributed by atoms with van der Waals surface area (Å²) in [7, 11) is 0. The van der Waals surface area contributed by atoms with Crippen LogP contribution in [0.2, 0.25) is 0 Å². The number of fused-ring (bicyclic) bond motifs is 1. The molecule has 0 aliphatic carbocycles. The second-order valence-corrected chi connectivity index (χ2v) is 4.66. The zero-order valence-electron chi connectivity index (χ0n) is 11.7. The lowest BCUT2D eigenvalue weighted by Gasteiger charge is -2.14. The Labute approximate surface area is 122 Å². The number of hydrogen-bond acceptors (Lipinski definition) is 3. The van der Waals surface area contributed by atoms with Gasteiger partial charge in [-0.3, -0.25) is 4.98 Å². The predicted octanol–water partition coefficient (Wildman–Crippen LogP) is 2.61. The first-order valence-corrected chi connectivity index (χ1v) is 6.76. The summed E-state index contributed by atoms with van der Waals surface area (Å²) in [5.41, 5.74) is 1.21. The molecule has 21 heavy (non-hydrogen) atoms. The first-order valence-electron chi connectivity index (χ1n) is 6.76. The summed E-state index contributed by atoms with van der Waals surface area (Å²) >= 11 is 0. The van der Waals surface area contributed by atoms with Gasteiger partial charge in [0.05, 0.1) is 11.2 Å². The van der Waals surface area contributed by atoms with Crippen LogP contribution in [-0.4, -0.2) is 28.1 Å². The molecular weight excluding hydrogens is 270 g/mol. The maximum absolute atomic E-state index is 11.9. The summed E-state index contributed by atoms with van der Waals surface area (Å²) in [4.78, 5) is 27.2. The van der Waals surface area contributed by atoms with Gasteiger partial charge < -0.3 is 15.7 Å². The monoisotopic (exact) mass is 287 g/mol. The van der Waals surface area contributed by atoms with Crippen LogP contribution in [0.15, 0.2) is 36.5 Å². The van der Waals surface area contributed by atoms with E-state index in [0.717, 1.165) is 5.39 Å². The number of carboxylic acids is 1. The van der Waals surface area contributed by atoms with Crippen molar-refractivity contribution < 1.29 is 14.7 Å². The average Bonchev–Trinajstić information content (AvgIpc) is 2.47. The van der Waals surface area contributed by atoms with Crippen LogP contribution in [0.5, 0.6) is 0 Å². The van der Waals surface area contributed by atoms with Crippen LogP contribution in [0, 0.1) is 0 Å². The number of para-hydroxylation sites is 1. The number of aromatic nitrogens is 1. The summed E-state index contributed by atoms with van der Waals surface area (Å²) in [6.45, 7) is 1.87. The van der Waals surface area contributed by atoms with Crippen molar-refractivity contribution in [2.24, 2.45) is 0 Å². The Morgan fingerprint density at radius 2 is 2.05 bits per heavy atom. The van der Waals surface area contributed by atoms with Gasteiger partial charge in [-0.25, -0.2) is 9.59 Å². The first kappa shape index (κ1) is 14.8. The SMILES string of the molecule is CCCC(NC(=O)Nc1cccc2cccnc12)C(=O)O. The van der Waals surface area contributed by atoms with Gasteiger partial charge in [-0.2, -0.15) is 0 Å². The number of pyridine rings is 1. The summed E-state index contributed by atoms with van der Waals surface area (Å²) < 4.78 is 0. The molecule has 0 fully saturated rings. The molecule has 0 spiro atoms. The minimum absolute atomic E-state index is 0.385. The Morgan fingerprint density at radius 1 is 1.29 bits per heavy atom. The Kier molecular flexibility index (Phi) is 4.71. The van der Waals surface area contributed by atoms with Crippen molar-refractivity contribution in [3.63, 3.8) is 0 Å². The molecular formula is C15H17N3O3. The summed E-state index contributed by atoms with van der Waals surface area (Å²) in [5.74, 6) is -1.04. The highest BCUT2D eigenvalue weighted by atomic mass is 16.4. The van der Waals surface area contributed by atoms with Gasteiger partial charge in [0.2, 0.25) is 0 Å². The van der Waals surface area contributed by atoms with E-state index in [2.05, 4.69) is 15.6 Å². The van der Waals surface area contributed by atoms with Crippen LogP contribution in [0.1, 0.15) is 19.8 Å². The molecule has 1 atom stereocenters. The quantitative estimate of drug-likeness (QED) is 0.788. The lowest BCUT2D eigenvalue weighted by molar-refractivity contribution is -0.139. The molecule has 3 N–H and O–H groups in total. The highest BCUT2D eigenvalue weighted by molar-refractivity contribution is 6.00. The van der Waals surface area contributed by atoms with E-state index >= 15 is 0 Å². The van der Waals surface area contributed by atoms with Crippen molar-refractivity contribution in [2.75, 3.05) is 5.32 Å². The molecule has 110 valence electrons. The topological polar surface area (TPSA) is 91.3 Å². The number of rotatable bonds is 5. The van der Waals surface area contributed by atoms with Crippen molar-refractivity contribution in [2.45, 2.75) is 25.8 Å². The fourth-order valence-corrected chi connectivity index (χ4v) is 2.07. The average molecular weight is 287 g/mol. The molecule has 6 heteroatoms. The Bertz CT molecular complexity index is 652. The van der Waals surface area contributed by atoms with Crippen LogP contribution >= 0.6 is 0 Å². The van der Waals surface area contributed by atoms with E-state index in [1.165, 1.54) is 0 Å². The van der Waals surface area contributed by atoms with Crippen LogP contribution < -0.4 is 10.6 Å². The van der Waals surface area contributed by atoms with E-state index < -0.39 is 18.0 Å². The molecule has 1 heterocycles. The molecule has 6 nitrogen and oxygen atoms in total. The number of amides is 2. The second-order valence-electron chi connectivity index (χ2n) is 4.66. The number of carboxylic acid groups (broad SMARTS) is 1. The van der Waals surface area contributed by atoms with E-state index in [9.17, 15) is 9.59 Å². The largest absolute Gasteiger partial charge is 0.480 e. The van der Waals surface area contributed by atoms with E-state index in [0.29, 0.717) is 24.0 Å².